The highest BCUT2D eigenvalue weighted by atomic mass is 16.3. The van der Waals surface area contributed by atoms with Crippen molar-refractivity contribution in [1.29, 1.82) is 0 Å². The number of carbonyl (C=O) groups excluding carboxylic acids is 1. The van der Waals surface area contributed by atoms with Crippen molar-refractivity contribution in [3.8, 4) is 0 Å². The SMILES string of the molecule is C[C@H](O)c1cn(C2CCN(C(=O)CCc3ccco3)CC2)nn1. The maximum absolute atomic E-state index is 12.2. The van der Waals surface area contributed by atoms with Crippen LogP contribution in [0.2, 0.25) is 0 Å². The number of piperidine rings is 1. The monoisotopic (exact) mass is 318 g/mol. The molecule has 7 nitrogen and oxygen atoms in total. The van der Waals surface area contributed by atoms with Gasteiger partial charge in [0.15, 0.2) is 0 Å². The Kier molecular flexibility index (Phi) is 4.76. The van der Waals surface area contributed by atoms with Crippen molar-refractivity contribution in [2.45, 2.75) is 44.8 Å². The molecule has 0 bridgehead atoms. The predicted molar refractivity (Wildman–Crippen MR) is 82.5 cm³/mol. The Bertz CT molecular complexity index is 628. The second kappa shape index (κ2) is 6.95. The van der Waals surface area contributed by atoms with Crippen molar-refractivity contribution in [3.63, 3.8) is 0 Å². The zero-order valence-corrected chi connectivity index (χ0v) is 13.3. The van der Waals surface area contributed by atoms with Gasteiger partial charge in [-0.1, -0.05) is 5.21 Å². The van der Waals surface area contributed by atoms with Gasteiger partial charge in [0.1, 0.15) is 11.5 Å². The van der Waals surface area contributed by atoms with Crippen LogP contribution in [0.4, 0.5) is 0 Å². The smallest absolute Gasteiger partial charge is 0.223 e. The lowest BCUT2D eigenvalue weighted by molar-refractivity contribution is -0.132. The second-order valence-corrected chi connectivity index (χ2v) is 5.99. The Labute approximate surface area is 134 Å². The molecule has 1 aliphatic rings. The van der Waals surface area contributed by atoms with Crippen LogP contribution in [0, 0.1) is 0 Å². The summed E-state index contributed by atoms with van der Waals surface area (Å²) in [6.45, 7) is 3.13. The van der Waals surface area contributed by atoms with E-state index in [4.69, 9.17) is 4.42 Å². The minimum absolute atomic E-state index is 0.170. The number of aromatic nitrogens is 3. The molecule has 1 amide bonds. The molecular weight excluding hydrogens is 296 g/mol. The highest BCUT2D eigenvalue weighted by molar-refractivity contribution is 5.76. The topological polar surface area (TPSA) is 84.4 Å². The molecule has 0 radical (unpaired) electrons. The molecule has 2 aromatic rings. The van der Waals surface area contributed by atoms with Crippen molar-refractivity contribution >= 4 is 5.91 Å². The predicted octanol–water partition coefficient (Wildman–Crippen LogP) is 1.72. The van der Waals surface area contributed by atoms with E-state index in [9.17, 15) is 9.90 Å². The van der Waals surface area contributed by atoms with E-state index in [0.29, 0.717) is 18.5 Å². The quantitative estimate of drug-likeness (QED) is 0.907. The number of hydrogen-bond acceptors (Lipinski definition) is 5. The largest absolute Gasteiger partial charge is 0.469 e. The molecule has 1 aliphatic heterocycles. The van der Waals surface area contributed by atoms with Crippen molar-refractivity contribution in [2.75, 3.05) is 13.1 Å². The minimum atomic E-state index is -0.605. The fourth-order valence-corrected chi connectivity index (χ4v) is 2.88. The number of carbonyl (C=O) groups is 1. The van der Waals surface area contributed by atoms with Gasteiger partial charge in [0, 0.05) is 25.9 Å². The number of hydrogen-bond donors (Lipinski definition) is 1. The standard InChI is InChI=1S/C16H22N4O3/c1-12(21)15-11-20(18-17-15)13-6-8-19(9-7-13)16(22)5-4-14-3-2-10-23-14/h2-3,10-13,21H,4-9H2,1H3/t12-/m0/s1. The average molecular weight is 318 g/mol. The van der Waals surface area contributed by atoms with Crippen LogP contribution >= 0.6 is 0 Å². The van der Waals surface area contributed by atoms with Crippen LogP contribution in [0.25, 0.3) is 0 Å². The van der Waals surface area contributed by atoms with Crippen LogP contribution in [-0.4, -0.2) is 44.0 Å². The summed E-state index contributed by atoms with van der Waals surface area (Å²) in [6.07, 6.45) is 5.66. The minimum Gasteiger partial charge on any atom is -0.469 e. The summed E-state index contributed by atoms with van der Waals surface area (Å²) in [5.74, 6) is 1.02. The first kappa shape index (κ1) is 15.7. The molecular formula is C16H22N4O3. The number of aliphatic hydroxyl groups excluding tert-OH is 1. The van der Waals surface area contributed by atoms with Crippen molar-refractivity contribution in [3.05, 3.63) is 36.0 Å². The Balaban J connectivity index is 1.48. The number of likely N-dealkylation sites (tertiary alicyclic amines) is 1. The lowest BCUT2D eigenvalue weighted by Gasteiger charge is -2.31. The first-order chi connectivity index (χ1) is 11.1. The highest BCUT2D eigenvalue weighted by Gasteiger charge is 2.24. The number of aryl methyl sites for hydroxylation is 1. The summed E-state index contributed by atoms with van der Waals surface area (Å²) in [4.78, 5) is 14.2. The molecule has 124 valence electrons. The summed E-state index contributed by atoms with van der Waals surface area (Å²) in [6, 6.07) is 3.97. The maximum atomic E-state index is 12.2. The van der Waals surface area contributed by atoms with E-state index in [-0.39, 0.29) is 11.9 Å². The number of nitrogens with zero attached hydrogens (tertiary/aromatic N) is 4. The Hall–Kier alpha value is -2.15. The van der Waals surface area contributed by atoms with E-state index in [1.807, 2.05) is 21.7 Å². The summed E-state index contributed by atoms with van der Waals surface area (Å²) < 4.78 is 7.07. The zero-order valence-electron chi connectivity index (χ0n) is 13.3. The Morgan fingerprint density at radius 1 is 1.48 bits per heavy atom. The number of aliphatic hydroxyl groups is 1. The summed E-state index contributed by atoms with van der Waals surface area (Å²) in [7, 11) is 0. The molecule has 0 aliphatic carbocycles. The van der Waals surface area contributed by atoms with E-state index >= 15 is 0 Å². The molecule has 1 fully saturated rings. The molecule has 0 spiro atoms. The highest BCUT2D eigenvalue weighted by Crippen LogP contribution is 2.23. The van der Waals surface area contributed by atoms with Crippen LogP contribution in [0.3, 0.4) is 0 Å². The summed E-state index contributed by atoms with van der Waals surface area (Å²) >= 11 is 0. The van der Waals surface area contributed by atoms with Gasteiger partial charge in [0.05, 0.1) is 24.6 Å². The molecule has 7 heteroatoms. The summed E-state index contributed by atoms with van der Waals surface area (Å²) in [5.41, 5.74) is 0.585. The molecule has 0 saturated carbocycles. The van der Waals surface area contributed by atoms with Crippen molar-refractivity contribution in [2.24, 2.45) is 0 Å². The summed E-state index contributed by atoms with van der Waals surface area (Å²) in [5, 5.41) is 17.6. The fourth-order valence-electron chi connectivity index (χ4n) is 2.88. The molecule has 0 unspecified atom stereocenters. The van der Waals surface area contributed by atoms with Crippen LogP contribution in [-0.2, 0) is 11.2 Å². The molecule has 0 aromatic carbocycles. The molecule has 3 heterocycles. The van der Waals surface area contributed by atoms with Gasteiger partial charge in [-0.2, -0.15) is 0 Å². The lowest BCUT2D eigenvalue weighted by atomic mass is 10.0. The molecule has 1 atom stereocenters. The number of furan rings is 1. The Morgan fingerprint density at radius 2 is 2.26 bits per heavy atom. The molecule has 3 rings (SSSR count). The normalized spacial score (nSPS) is 17.4. The lowest BCUT2D eigenvalue weighted by Crippen LogP contribution is -2.39. The van der Waals surface area contributed by atoms with Gasteiger partial charge < -0.3 is 14.4 Å². The van der Waals surface area contributed by atoms with E-state index in [1.165, 1.54) is 0 Å². The van der Waals surface area contributed by atoms with E-state index in [2.05, 4.69) is 10.3 Å². The van der Waals surface area contributed by atoms with Gasteiger partial charge in [-0.15, -0.1) is 5.10 Å². The maximum Gasteiger partial charge on any atom is 0.223 e. The third-order valence-electron chi connectivity index (χ3n) is 4.31. The van der Waals surface area contributed by atoms with Gasteiger partial charge in [-0.25, -0.2) is 4.68 Å². The fraction of sp³-hybridized carbons (Fsp3) is 0.562. The van der Waals surface area contributed by atoms with Crippen LogP contribution in [0.5, 0.6) is 0 Å². The second-order valence-electron chi connectivity index (χ2n) is 5.99. The van der Waals surface area contributed by atoms with Gasteiger partial charge >= 0.3 is 0 Å². The van der Waals surface area contributed by atoms with E-state index in [1.54, 1.807) is 19.4 Å². The first-order valence-electron chi connectivity index (χ1n) is 8.03. The van der Waals surface area contributed by atoms with E-state index in [0.717, 1.165) is 31.7 Å². The Morgan fingerprint density at radius 3 is 2.87 bits per heavy atom. The molecule has 2 aromatic heterocycles. The van der Waals surface area contributed by atoms with Crippen molar-refractivity contribution < 1.29 is 14.3 Å². The number of amides is 1. The number of rotatable bonds is 5. The van der Waals surface area contributed by atoms with E-state index < -0.39 is 6.10 Å². The average Bonchev–Trinajstić information content (AvgIpc) is 3.24. The van der Waals surface area contributed by atoms with Gasteiger partial charge in [-0.05, 0) is 31.9 Å². The third kappa shape index (κ3) is 3.79. The van der Waals surface area contributed by atoms with Crippen molar-refractivity contribution in [1.82, 2.24) is 19.9 Å². The van der Waals surface area contributed by atoms with Gasteiger partial charge in [0.2, 0.25) is 5.91 Å². The molecule has 1 saturated heterocycles. The zero-order chi connectivity index (χ0) is 16.2. The van der Waals surface area contributed by atoms with Gasteiger partial charge in [-0.3, -0.25) is 4.79 Å². The van der Waals surface area contributed by atoms with Crippen LogP contribution < -0.4 is 0 Å². The molecule has 23 heavy (non-hydrogen) atoms. The first-order valence-corrected chi connectivity index (χ1v) is 8.03. The van der Waals surface area contributed by atoms with Crippen LogP contribution in [0.1, 0.15) is 49.8 Å². The van der Waals surface area contributed by atoms with Gasteiger partial charge in [0.25, 0.3) is 0 Å². The van der Waals surface area contributed by atoms with Crippen LogP contribution in [0.15, 0.2) is 29.0 Å². The molecule has 1 N–H and O–H groups in total. The third-order valence-corrected chi connectivity index (χ3v) is 4.31.